The molecule has 0 bridgehead atoms. The molecular formula is C19H28FN3O2S. The molecule has 0 aromatic heterocycles. The highest BCUT2D eigenvalue weighted by Crippen LogP contribution is 2.39. The van der Waals surface area contributed by atoms with Crippen molar-refractivity contribution in [1.29, 1.82) is 0 Å². The van der Waals surface area contributed by atoms with Crippen LogP contribution in [0.3, 0.4) is 0 Å². The van der Waals surface area contributed by atoms with E-state index in [9.17, 15) is 14.0 Å². The zero-order valence-electron chi connectivity index (χ0n) is 16.1. The third kappa shape index (κ3) is 5.13. The Kier molecular flexibility index (Phi) is 6.55. The topological polar surface area (TPSA) is 52.7 Å². The molecule has 0 radical (unpaired) electrons. The standard InChI is InChI=1S/C19H28FN3O2S/c1-13(2)22(18(25)21-19(3,4)5)10-11-23-16(24)12-26-17(23)14-8-6-7-9-15(14)20/h6-9,13,17H,10-12H2,1-5H3,(H,21,25)/t17-/m0/s1. The van der Waals surface area contributed by atoms with E-state index >= 15 is 0 Å². The number of rotatable bonds is 5. The third-order valence-electron chi connectivity index (χ3n) is 4.09. The summed E-state index contributed by atoms with van der Waals surface area (Å²) in [5.41, 5.74) is 0.178. The van der Waals surface area contributed by atoms with Gasteiger partial charge in [0.1, 0.15) is 11.2 Å². The van der Waals surface area contributed by atoms with Crippen LogP contribution < -0.4 is 5.32 Å². The maximum absolute atomic E-state index is 14.2. The molecule has 5 nitrogen and oxygen atoms in total. The van der Waals surface area contributed by atoms with E-state index in [1.54, 1.807) is 28.0 Å². The van der Waals surface area contributed by atoms with Crippen molar-refractivity contribution in [1.82, 2.24) is 15.1 Å². The Morgan fingerprint density at radius 1 is 1.38 bits per heavy atom. The minimum absolute atomic E-state index is 0.00498. The molecule has 1 saturated heterocycles. The van der Waals surface area contributed by atoms with Crippen molar-refractivity contribution in [3.63, 3.8) is 0 Å². The van der Waals surface area contributed by atoms with Gasteiger partial charge >= 0.3 is 6.03 Å². The fraction of sp³-hybridized carbons (Fsp3) is 0.579. The van der Waals surface area contributed by atoms with Gasteiger partial charge in [0, 0.05) is 30.2 Å². The third-order valence-corrected chi connectivity index (χ3v) is 5.33. The van der Waals surface area contributed by atoms with E-state index in [0.717, 1.165) is 0 Å². The normalized spacial score (nSPS) is 17.7. The average molecular weight is 382 g/mol. The highest BCUT2D eigenvalue weighted by Gasteiger charge is 2.35. The van der Waals surface area contributed by atoms with E-state index in [0.29, 0.717) is 24.4 Å². The molecule has 0 unspecified atom stereocenters. The van der Waals surface area contributed by atoms with Crippen LogP contribution in [-0.2, 0) is 4.79 Å². The van der Waals surface area contributed by atoms with Crippen molar-refractivity contribution in [3.8, 4) is 0 Å². The number of halogens is 1. The molecule has 144 valence electrons. The monoisotopic (exact) mass is 381 g/mol. The van der Waals surface area contributed by atoms with Crippen LogP contribution in [-0.4, -0.2) is 52.2 Å². The molecule has 0 saturated carbocycles. The highest BCUT2D eigenvalue weighted by atomic mass is 32.2. The summed E-state index contributed by atoms with van der Waals surface area (Å²) >= 11 is 1.42. The van der Waals surface area contributed by atoms with Gasteiger partial charge in [-0.15, -0.1) is 11.8 Å². The first-order valence-corrected chi connectivity index (χ1v) is 9.89. The summed E-state index contributed by atoms with van der Waals surface area (Å²) in [6.07, 6.45) is 0. The van der Waals surface area contributed by atoms with Crippen molar-refractivity contribution in [2.75, 3.05) is 18.8 Å². The van der Waals surface area contributed by atoms with Gasteiger partial charge in [-0.2, -0.15) is 0 Å². The van der Waals surface area contributed by atoms with Gasteiger partial charge in [0.25, 0.3) is 0 Å². The number of benzene rings is 1. The van der Waals surface area contributed by atoms with Gasteiger partial charge in [-0.25, -0.2) is 9.18 Å². The number of urea groups is 1. The van der Waals surface area contributed by atoms with E-state index in [2.05, 4.69) is 5.32 Å². The van der Waals surface area contributed by atoms with Crippen LogP contribution in [0.1, 0.15) is 45.6 Å². The lowest BCUT2D eigenvalue weighted by Gasteiger charge is -2.33. The molecule has 1 aliphatic heterocycles. The number of nitrogens with zero attached hydrogens (tertiary/aromatic N) is 2. The SMILES string of the molecule is CC(C)N(CCN1C(=O)CS[C@H]1c1ccccc1F)C(=O)NC(C)(C)C. The number of hydrogen-bond acceptors (Lipinski definition) is 3. The van der Waals surface area contributed by atoms with Crippen LogP contribution in [0.2, 0.25) is 0 Å². The largest absolute Gasteiger partial charge is 0.333 e. The highest BCUT2D eigenvalue weighted by molar-refractivity contribution is 8.00. The van der Waals surface area contributed by atoms with E-state index in [4.69, 9.17) is 0 Å². The summed E-state index contributed by atoms with van der Waals surface area (Å²) in [6.45, 7) is 10.4. The lowest BCUT2D eigenvalue weighted by atomic mass is 10.1. The van der Waals surface area contributed by atoms with Gasteiger partial charge < -0.3 is 15.1 Å². The number of nitrogens with one attached hydrogen (secondary N) is 1. The van der Waals surface area contributed by atoms with Gasteiger partial charge in [0.2, 0.25) is 5.91 Å². The smallest absolute Gasteiger partial charge is 0.318 e. The summed E-state index contributed by atoms with van der Waals surface area (Å²) in [7, 11) is 0. The van der Waals surface area contributed by atoms with Crippen LogP contribution in [0, 0.1) is 5.82 Å². The van der Waals surface area contributed by atoms with Gasteiger partial charge in [-0.05, 0) is 40.7 Å². The molecule has 1 fully saturated rings. The minimum Gasteiger partial charge on any atom is -0.333 e. The molecule has 3 amide bonds. The molecule has 1 aliphatic rings. The molecule has 7 heteroatoms. The second-order valence-electron chi connectivity index (χ2n) is 7.74. The van der Waals surface area contributed by atoms with E-state index in [-0.39, 0.29) is 34.7 Å². The molecule has 1 aromatic rings. The average Bonchev–Trinajstić information content (AvgIpc) is 2.87. The Morgan fingerprint density at radius 2 is 2.04 bits per heavy atom. The van der Waals surface area contributed by atoms with Crippen molar-refractivity contribution in [2.45, 2.75) is 51.6 Å². The number of thioether (sulfide) groups is 1. The molecule has 2 rings (SSSR count). The number of amides is 3. The van der Waals surface area contributed by atoms with Crippen LogP contribution in [0.4, 0.5) is 9.18 Å². The second-order valence-corrected chi connectivity index (χ2v) is 8.81. The summed E-state index contributed by atoms with van der Waals surface area (Å²) < 4.78 is 14.2. The Hall–Kier alpha value is -1.76. The quantitative estimate of drug-likeness (QED) is 0.848. The summed E-state index contributed by atoms with van der Waals surface area (Å²) in [6, 6.07) is 6.38. The molecule has 1 N–H and O–H groups in total. The molecule has 1 heterocycles. The maximum Gasteiger partial charge on any atom is 0.318 e. The van der Waals surface area contributed by atoms with Gasteiger partial charge in [-0.1, -0.05) is 18.2 Å². The van der Waals surface area contributed by atoms with Crippen LogP contribution >= 0.6 is 11.8 Å². The molecular weight excluding hydrogens is 353 g/mol. The first-order chi connectivity index (χ1) is 12.1. The Balaban J connectivity index is 2.10. The first kappa shape index (κ1) is 20.6. The van der Waals surface area contributed by atoms with Crippen LogP contribution in [0.25, 0.3) is 0 Å². The van der Waals surface area contributed by atoms with Crippen LogP contribution in [0.5, 0.6) is 0 Å². The summed E-state index contributed by atoms with van der Waals surface area (Å²) in [5.74, 6) is -0.00594. The number of hydrogen-bond donors (Lipinski definition) is 1. The summed E-state index contributed by atoms with van der Waals surface area (Å²) in [5, 5.41) is 2.61. The predicted octanol–water partition coefficient (Wildman–Crippen LogP) is 3.62. The number of carbonyl (C=O) groups is 2. The van der Waals surface area contributed by atoms with E-state index < -0.39 is 0 Å². The van der Waals surface area contributed by atoms with Gasteiger partial charge in [0.15, 0.2) is 0 Å². The number of carbonyl (C=O) groups excluding carboxylic acids is 2. The fourth-order valence-corrected chi connectivity index (χ4v) is 4.07. The molecule has 1 aromatic carbocycles. The first-order valence-electron chi connectivity index (χ1n) is 8.84. The maximum atomic E-state index is 14.2. The molecule has 26 heavy (non-hydrogen) atoms. The molecule has 0 spiro atoms. The zero-order chi connectivity index (χ0) is 19.5. The lowest BCUT2D eigenvalue weighted by molar-refractivity contribution is -0.128. The summed E-state index contributed by atoms with van der Waals surface area (Å²) in [4.78, 5) is 28.2. The fourth-order valence-electron chi connectivity index (χ4n) is 2.83. The van der Waals surface area contributed by atoms with Crippen molar-refractivity contribution in [2.24, 2.45) is 0 Å². The van der Waals surface area contributed by atoms with Crippen molar-refractivity contribution in [3.05, 3.63) is 35.6 Å². The second kappa shape index (κ2) is 8.29. The predicted molar refractivity (Wildman–Crippen MR) is 103 cm³/mol. The Bertz CT molecular complexity index is 660. The molecule has 1 atom stereocenters. The van der Waals surface area contributed by atoms with Crippen molar-refractivity contribution >= 4 is 23.7 Å². The van der Waals surface area contributed by atoms with E-state index in [1.807, 2.05) is 34.6 Å². The van der Waals surface area contributed by atoms with Crippen molar-refractivity contribution < 1.29 is 14.0 Å². The van der Waals surface area contributed by atoms with E-state index in [1.165, 1.54) is 17.8 Å². The lowest BCUT2D eigenvalue weighted by Crippen LogP contribution is -2.52. The van der Waals surface area contributed by atoms with Crippen LogP contribution in [0.15, 0.2) is 24.3 Å². The Morgan fingerprint density at radius 3 is 2.62 bits per heavy atom. The Labute approximate surface area is 159 Å². The molecule has 0 aliphatic carbocycles. The van der Waals surface area contributed by atoms with Gasteiger partial charge in [-0.3, -0.25) is 4.79 Å². The van der Waals surface area contributed by atoms with Gasteiger partial charge in [0.05, 0.1) is 5.75 Å². The zero-order valence-corrected chi connectivity index (χ0v) is 16.9. The minimum atomic E-state index is -0.344.